The lowest BCUT2D eigenvalue weighted by atomic mass is 10.1. The van der Waals surface area contributed by atoms with Crippen LogP contribution in [0.5, 0.6) is 0 Å². The number of anilines is 3. The smallest absolute Gasteiger partial charge is 0.412 e. The summed E-state index contributed by atoms with van der Waals surface area (Å²) >= 11 is 0. The zero-order valence-electron chi connectivity index (χ0n) is 17.3. The van der Waals surface area contributed by atoms with Crippen LogP contribution in [0.3, 0.4) is 0 Å². The van der Waals surface area contributed by atoms with Crippen molar-refractivity contribution in [1.29, 1.82) is 0 Å². The second-order valence-electron chi connectivity index (χ2n) is 8.06. The van der Waals surface area contributed by atoms with Crippen molar-refractivity contribution in [2.24, 2.45) is 0 Å². The lowest BCUT2D eigenvalue weighted by Crippen LogP contribution is -2.45. The monoisotopic (exact) mass is 433 g/mol. The van der Waals surface area contributed by atoms with E-state index in [1.165, 1.54) is 20.9 Å². The number of benzene rings is 1. The molecule has 10 nitrogen and oxygen atoms in total. The molecule has 3 amide bonds. The van der Waals surface area contributed by atoms with Gasteiger partial charge in [0.05, 0.1) is 12.2 Å². The Morgan fingerprint density at radius 3 is 2.50 bits per heavy atom. The summed E-state index contributed by atoms with van der Waals surface area (Å²) in [4.78, 5) is 36.8. The summed E-state index contributed by atoms with van der Waals surface area (Å²) in [6.07, 6.45) is 1.24. The fourth-order valence-corrected chi connectivity index (χ4v) is 3.74. The predicted octanol–water partition coefficient (Wildman–Crippen LogP) is 2.87. The number of carboxylic acid groups (broad SMARTS) is 1. The van der Waals surface area contributed by atoms with Crippen LogP contribution in [-0.4, -0.2) is 59.4 Å². The predicted molar refractivity (Wildman–Crippen MR) is 111 cm³/mol. The first kappa shape index (κ1) is 21.5. The molecule has 30 heavy (non-hydrogen) atoms. The Kier molecular flexibility index (Phi) is 5.19. The molecule has 2 heterocycles. The van der Waals surface area contributed by atoms with Crippen LogP contribution in [0.25, 0.3) is 0 Å². The van der Waals surface area contributed by atoms with Crippen LogP contribution in [-0.2, 0) is 16.4 Å². The lowest BCUT2D eigenvalue weighted by molar-refractivity contribution is 0.195. The largest absolute Gasteiger partial charge is 0.465 e. The number of aromatic nitrogens is 2. The van der Waals surface area contributed by atoms with Gasteiger partial charge in [-0.25, -0.2) is 27.9 Å². The Bertz CT molecular complexity index is 1130. The fraction of sp³-hybridized carbons (Fsp3) is 0.368. The van der Waals surface area contributed by atoms with Gasteiger partial charge in [-0.2, -0.15) is 4.98 Å². The van der Waals surface area contributed by atoms with E-state index in [0.29, 0.717) is 16.9 Å². The highest BCUT2D eigenvalue weighted by Crippen LogP contribution is 2.36. The first-order valence-corrected chi connectivity index (χ1v) is 10.9. The van der Waals surface area contributed by atoms with Gasteiger partial charge in [0.2, 0.25) is 15.0 Å². The Hall–Kier alpha value is -3.21. The van der Waals surface area contributed by atoms with Crippen molar-refractivity contribution in [3.8, 4) is 0 Å². The standard InChI is InChI=1S/C19H23N5O5S/c1-19(2,3)24(18(26)27)14-8-6-7-13(9-14)23-15-12(11-22(4)17(23)25)10-20-16(21-15)30(5,28)29/h6-10H,11H2,1-5H3,(H,26,27). The molecule has 3 rings (SSSR count). The summed E-state index contributed by atoms with van der Waals surface area (Å²) in [5.74, 6) is 0.156. The van der Waals surface area contributed by atoms with Crippen molar-refractivity contribution in [2.45, 2.75) is 38.0 Å². The van der Waals surface area contributed by atoms with Crippen molar-refractivity contribution in [3.05, 3.63) is 36.0 Å². The van der Waals surface area contributed by atoms with E-state index in [4.69, 9.17) is 0 Å². The number of hydrogen-bond donors (Lipinski definition) is 1. The summed E-state index contributed by atoms with van der Waals surface area (Å²) in [5.41, 5.74) is 0.573. The average molecular weight is 433 g/mol. The Morgan fingerprint density at radius 2 is 1.93 bits per heavy atom. The molecule has 1 aromatic heterocycles. The van der Waals surface area contributed by atoms with Gasteiger partial charge in [-0.05, 0) is 39.0 Å². The van der Waals surface area contributed by atoms with E-state index in [1.54, 1.807) is 52.1 Å². The molecule has 1 aliphatic rings. The Balaban J connectivity index is 2.19. The van der Waals surface area contributed by atoms with Crippen molar-refractivity contribution in [1.82, 2.24) is 14.9 Å². The normalized spacial score (nSPS) is 14.5. The van der Waals surface area contributed by atoms with E-state index in [0.717, 1.165) is 6.26 Å². The van der Waals surface area contributed by atoms with Gasteiger partial charge in [0, 0.05) is 36.3 Å². The SMILES string of the molecule is CN1Cc2cnc(S(C)(=O)=O)nc2N(c2cccc(N(C(=O)O)C(C)(C)C)c2)C1=O. The van der Waals surface area contributed by atoms with Crippen LogP contribution in [0.2, 0.25) is 0 Å². The van der Waals surface area contributed by atoms with Crippen molar-refractivity contribution >= 4 is 39.2 Å². The minimum atomic E-state index is -3.68. The van der Waals surface area contributed by atoms with E-state index in [-0.39, 0.29) is 17.5 Å². The minimum Gasteiger partial charge on any atom is -0.465 e. The van der Waals surface area contributed by atoms with E-state index in [2.05, 4.69) is 9.97 Å². The lowest BCUT2D eigenvalue weighted by Gasteiger charge is -2.36. The minimum absolute atomic E-state index is 0.156. The summed E-state index contributed by atoms with van der Waals surface area (Å²) < 4.78 is 23.9. The maximum Gasteiger partial charge on any atom is 0.412 e. The van der Waals surface area contributed by atoms with Gasteiger partial charge in [-0.3, -0.25) is 4.90 Å². The first-order valence-electron chi connectivity index (χ1n) is 9.05. The molecule has 0 bridgehead atoms. The van der Waals surface area contributed by atoms with E-state index in [1.807, 2.05) is 0 Å². The van der Waals surface area contributed by atoms with Crippen LogP contribution in [0.4, 0.5) is 26.8 Å². The van der Waals surface area contributed by atoms with Gasteiger partial charge >= 0.3 is 12.1 Å². The van der Waals surface area contributed by atoms with Crippen molar-refractivity contribution in [2.75, 3.05) is 23.1 Å². The van der Waals surface area contributed by atoms with Crippen LogP contribution in [0.15, 0.2) is 35.6 Å². The van der Waals surface area contributed by atoms with Crippen LogP contribution < -0.4 is 9.80 Å². The number of urea groups is 1. The Morgan fingerprint density at radius 1 is 1.27 bits per heavy atom. The molecule has 0 saturated carbocycles. The van der Waals surface area contributed by atoms with Crippen molar-refractivity contribution < 1.29 is 23.1 Å². The second-order valence-corrected chi connectivity index (χ2v) is 9.97. The number of carbonyl (C=O) groups excluding carboxylic acids is 1. The van der Waals surface area contributed by atoms with Gasteiger partial charge in [0.25, 0.3) is 0 Å². The Labute approximate surface area is 174 Å². The highest BCUT2D eigenvalue weighted by Gasteiger charge is 2.34. The highest BCUT2D eigenvalue weighted by molar-refractivity contribution is 7.90. The van der Waals surface area contributed by atoms with Crippen LogP contribution in [0.1, 0.15) is 26.3 Å². The summed E-state index contributed by atoms with van der Waals surface area (Å²) in [5, 5.41) is 9.30. The average Bonchev–Trinajstić information content (AvgIpc) is 2.60. The maximum absolute atomic E-state index is 13.0. The molecular weight excluding hydrogens is 410 g/mol. The molecule has 0 unspecified atom stereocenters. The molecule has 11 heteroatoms. The molecule has 0 saturated heterocycles. The number of sulfone groups is 1. The fourth-order valence-electron chi connectivity index (χ4n) is 3.24. The third-order valence-corrected chi connectivity index (χ3v) is 5.36. The van der Waals surface area contributed by atoms with E-state index in [9.17, 15) is 23.1 Å². The number of hydrogen-bond acceptors (Lipinski definition) is 6. The first-order chi connectivity index (χ1) is 13.8. The molecule has 0 atom stereocenters. The summed E-state index contributed by atoms with van der Waals surface area (Å²) in [6.45, 7) is 5.50. The quantitative estimate of drug-likeness (QED) is 0.738. The third-order valence-electron chi connectivity index (χ3n) is 4.50. The molecule has 1 N–H and O–H groups in total. The van der Waals surface area contributed by atoms with Gasteiger partial charge in [-0.15, -0.1) is 0 Å². The molecule has 0 fully saturated rings. The van der Waals surface area contributed by atoms with Gasteiger partial charge in [0.1, 0.15) is 0 Å². The zero-order valence-corrected chi connectivity index (χ0v) is 18.1. The topological polar surface area (TPSA) is 124 Å². The van der Waals surface area contributed by atoms with Gasteiger partial charge < -0.3 is 10.0 Å². The summed E-state index contributed by atoms with van der Waals surface area (Å²) in [6, 6.07) is 6.03. The van der Waals surface area contributed by atoms with Gasteiger partial charge in [-0.1, -0.05) is 6.07 Å². The number of carbonyl (C=O) groups is 2. The number of amides is 3. The highest BCUT2D eigenvalue weighted by atomic mass is 32.2. The van der Waals surface area contributed by atoms with Crippen molar-refractivity contribution in [3.63, 3.8) is 0 Å². The third kappa shape index (κ3) is 3.92. The molecule has 1 aromatic carbocycles. The van der Waals surface area contributed by atoms with Crippen LogP contribution in [0, 0.1) is 0 Å². The second kappa shape index (κ2) is 7.24. The number of rotatable bonds is 3. The van der Waals surface area contributed by atoms with E-state index >= 15 is 0 Å². The molecule has 1 aliphatic heterocycles. The number of fused-ring (bicyclic) bond motifs is 1. The molecule has 0 radical (unpaired) electrons. The molecule has 0 aliphatic carbocycles. The van der Waals surface area contributed by atoms with E-state index < -0.39 is 27.5 Å². The van der Waals surface area contributed by atoms with Crippen LogP contribution >= 0.6 is 0 Å². The summed E-state index contributed by atoms with van der Waals surface area (Å²) in [7, 11) is -2.08. The molecular formula is C19H23N5O5S. The molecule has 2 aromatic rings. The molecule has 0 spiro atoms. The maximum atomic E-state index is 13.0. The zero-order chi connectivity index (χ0) is 22.4. The van der Waals surface area contributed by atoms with Gasteiger partial charge in [0.15, 0.2) is 5.82 Å². The molecule has 160 valence electrons. The number of nitrogens with zero attached hydrogens (tertiary/aromatic N) is 5.